The Morgan fingerprint density at radius 1 is 1.29 bits per heavy atom. The second-order valence-corrected chi connectivity index (χ2v) is 5.75. The van der Waals surface area contributed by atoms with Crippen LogP contribution in [0.15, 0.2) is 11.3 Å². The maximum Gasteiger partial charge on any atom is 0.191 e. The predicted molar refractivity (Wildman–Crippen MR) is 109 cm³/mol. The van der Waals surface area contributed by atoms with Crippen LogP contribution in [-0.2, 0) is 17.7 Å². The lowest BCUT2D eigenvalue weighted by Gasteiger charge is -2.21. The summed E-state index contributed by atoms with van der Waals surface area (Å²) in [7, 11) is 1.79. The number of nitrogens with one attached hydrogen (secondary N) is 2. The van der Waals surface area contributed by atoms with Gasteiger partial charge in [0.15, 0.2) is 5.96 Å². The molecule has 0 aliphatic heterocycles. The highest BCUT2D eigenvalue weighted by Crippen LogP contribution is 2.09. The maximum absolute atomic E-state index is 5.76. The molecule has 0 amide bonds. The standard InChI is InChI=1S/C16H32N6O.HI/c1-6-15-21-20-12-22(15)11-10-19-16(17-5)18-9-8-14(13(3)4)23-7-2;/h12-14H,6-11H2,1-5H3,(H2,17,18,19);1H. The SMILES string of the molecule is CCOC(CCNC(=NC)NCCn1cnnc1CC)C(C)C.I. The summed E-state index contributed by atoms with van der Waals surface area (Å²) < 4.78 is 7.82. The van der Waals surface area contributed by atoms with Crippen molar-refractivity contribution in [1.29, 1.82) is 0 Å². The Bertz CT molecular complexity index is 463. The van der Waals surface area contributed by atoms with Gasteiger partial charge in [0, 0.05) is 39.7 Å². The van der Waals surface area contributed by atoms with E-state index in [9.17, 15) is 0 Å². The fraction of sp³-hybridized carbons (Fsp3) is 0.812. The van der Waals surface area contributed by atoms with Gasteiger partial charge in [0.25, 0.3) is 0 Å². The van der Waals surface area contributed by atoms with E-state index in [4.69, 9.17) is 4.74 Å². The molecule has 24 heavy (non-hydrogen) atoms. The van der Waals surface area contributed by atoms with Crippen molar-refractivity contribution in [3.63, 3.8) is 0 Å². The molecule has 1 atom stereocenters. The molecule has 0 fully saturated rings. The molecule has 0 spiro atoms. The molecule has 2 N–H and O–H groups in total. The Hall–Kier alpha value is -0.900. The maximum atomic E-state index is 5.76. The van der Waals surface area contributed by atoms with Crippen LogP contribution < -0.4 is 10.6 Å². The highest BCUT2D eigenvalue weighted by molar-refractivity contribution is 14.0. The van der Waals surface area contributed by atoms with Crippen LogP contribution in [0.3, 0.4) is 0 Å². The smallest absolute Gasteiger partial charge is 0.191 e. The van der Waals surface area contributed by atoms with Crippen molar-refractivity contribution < 1.29 is 4.74 Å². The third kappa shape index (κ3) is 8.27. The van der Waals surface area contributed by atoms with E-state index in [2.05, 4.69) is 51.2 Å². The zero-order valence-corrected chi connectivity index (χ0v) is 17.9. The minimum atomic E-state index is 0. The molecule has 0 aromatic carbocycles. The van der Waals surface area contributed by atoms with E-state index < -0.39 is 0 Å². The van der Waals surface area contributed by atoms with Gasteiger partial charge in [-0.15, -0.1) is 34.2 Å². The number of aryl methyl sites for hydroxylation is 1. The average molecular weight is 452 g/mol. The number of nitrogens with zero attached hydrogens (tertiary/aromatic N) is 4. The van der Waals surface area contributed by atoms with Crippen LogP contribution >= 0.6 is 24.0 Å². The molecule has 0 radical (unpaired) electrons. The minimum Gasteiger partial charge on any atom is -0.378 e. The van der Waals surface area contributed by atoms with E-state index in [-0.39, 0.29) is 30.1 Å². The molecule has 0 aliphatic carbocycles. The van der Waals surface area contributed by atoms with Crippen LogP contribution in [0.2, 0.25) is 0 Å². The molecule has 0 saturated heterocycles. The molecule has 1 aromatic heterocycles. The third-order valence-electron chi connectivity index (χ3n) is 3.73. The highest BCUT2D eigenvalue weighted by Gasteiger charge is 2.12. The van der Waals surface area contributed by atoms with E-state index in [0.717, 1.165) is 50.9 Å². The van der Waals surface area contributed by atoms with Gasteiger partial charge >= 0.3 is 0 Å². The number of rotatable bonds is 10. The Balaban J connectivity index is 0.00000529. The lowest BCUT2D eigenvalue weighted by Crippen LogP contribution is -2.40. The van der Waals surface area contributed by atoms with Crippen molar-refractivity contribution in [2.75, 3.05) is 26.7 Å². The number of ether oxygens (including phenoxy) is 1. The highest BCUT2D eigenvalue weighted by atomic mass is 127. The molecule has 1 rings (SSSR count). The fourth-order valence-electron chi connectivity index (χ4n) is 2.41. The van der Waals surface area contributed by atoms with E-state index in [1.54, 1.807) is 13.4 Å². The Morgan fingerprint density at radius 2 is 2.00 bits per heavy atom. The Labute approximate surface area is 163 Å². The molecule has 0 saturated carbocycles. The Morgan fingerprint density at radius 3 is 2.58 bits per heavy atom. The lowest BCUT2D eigenvalue weighted by molar-refractivity contribution is 0.0258. The van der Waals surface area contributed by atoms with Gasteiger partial charge < -0.3 is 19.9 Å². The normalized spacial score (nSPS) is 12.8. The predicted octanol–water partition coefficient (Wildman–Crippen LogP) is 2.07. The number of aliphatic imine (C=N–C) groups is 1. The molecule has 7 nitrogen and oxygen atoms in total. The van der Waals surface area contributed by atoms with Crippen molar-refractivity contribution in [1.82, 2.24) is 25.4 Å². The molecule has 0 bridgehead atoms. The van der Waals surface area contributed by atoms with Crippen LogP contribution in [0.25, 0.3) is 0 Å². The van der Waals surface area contributed by atoms with Crippen LogP contribution in [0, 0.1) is 5.92 Å². The molecule has 1 aromatic rings. The van der Waals surface area contributed by atoms with E-state index in [1.165, 1.54) is 0 Å². The second kappa shape index (κ2) is 13.4. The number of hydrogen-bond acceptors (Lipinski definition) is 4. The van der Waals surface area contributed by atoms with Gasteiger partial charge in [-0.3, -0.25) is 4.99 Å². The first-order chi connectivity index (χ1) is 11.1. The summed E-state index contributed by atoms with van der Waals surface area (Å²) in [6, 6.07) is 0. The molecule has 1 unspecified atom stereocenters. The van der Waals surface area contributed by atoms with Crippen LogP contribution in [0.5, 0.6) is 0 Å². The summed E-state index contributed by atoms with van der Waals surface area (Å²) in [4.78, 5) is 4.25. The number of halogens is 1. The quantitative estimate of drug-likeness (QED) is 0.323. The Kier molecular flexibility index (Phi) is 12.9. The monoisotopic (exact) mass is 452 g/mol. The molecular formula is C16H33IN6O. The van der Waals surface area contributed by atoms with Crippen molar-refractivity contribution >= 4 is 29.9 Å². The van der Waals surface area contributed by atoms with Crippen LogP contribution in [0.1, 0.15) is 39.9 Å². The molecule has 8 heteroatoms. The second-order valence-electron chi connectivity index (χ2n) is 5.75. The molecule has 0 aliphatic rings. The third-order valence-corrected chi connectivity index (χ3v) is 3.73. The summed E-state index contributed by atoms with van der Waals surface area (Å²) in [6.07, 6.45) is 3.92. The van der Waals surface area contributed by atoms with E-state index in [0.29, 0.717) is 5.92 Å². The van der Waals surface area contributed by atoms with Gasteiger partial charge in [0.2, 0.25) is 0 Å². The summed E-state index contributed by atoms with van der Waals surface area (Å²) in [5.41, 5.74) is 0. The lowest BCUT2D eigenvalue weighted by atomic mass is 10.0. The van der Waals surface area contributed by atoms with Gasteiger partial charge in [-0.25, -0.2) is 0 Å². The number of aromatic nitrogens is 3. The minimum absolute atomic E-state index is 0. The zero-order chi connectivity index (χ0) is 17.1. The van der Waals surface area contributed by atoms with E-state index in [1.807, 2.05) is 6.92 Å². The first kappa shape index (κ1) is 23.1. The topological polar surface area (TPSA) is 76.4 Å². The fourth-order valence-corrected chi connectivity index (χ4v) is 2.41. The van der Waals surface area contributed by atoms with Crippen LogP contribution in [-0.4, -0.2) is 53.6 Å². The van der Waals surface area contributed by atoms with Gasteiger partial charge in [-0.05, 0) is 19.3 Å². The van der Waals surface area contributed by atoms with Crippen molar-refractivity contribution in [3.8, 4) is 0 Å². The largest absolute Gasteiger partial charge is 0.378 e. The summed E-state index contributed by atoms with van der Waals surface area (Å²) in [6.45, 7) is 11.7. The van der Waals surface area contributed by atoms with Crippen molar-refractivity contribution in [3.05, 3.63) is 12.2 Å². The van der Waals surface area contributed by atoms with Crippen LogP contribution in [0.4, 0.5) is 0 Å². The summed E-state index contributed by atoms with van der Waals surface area (Å²) in [5, 5.41) is 14.7. The number of hydrogen-bond donors (Lipinski definition) is 2. The molecule has 140 valence electrons. The van der Waals surface area contributed by atoms with Gasteiger partial charge in [-0.2, -0.15) is 0 Å². The van der Waals surface area contributed by atoms with Gasteiger partial charge in [-0.1, -0.05) is 20.8 Å². The first-order valence-electron chi connectivity index (χ1n) is 8.55. The van der Waals surface area contributed by atoms with E-state index >= 15 is 0 Å². The summed E-state index contributed by atoms with van der Waals surface area (Å²) >= 11 is 0. The number of guanidine groups is 1. The average Bonchev–Trinajstić information content (AvgIpc) is 2.99. The molecule has 1 heterocycles. The zero-order valence-electron chi connectivity index (χ0n) is 15.6. The molecular weight excluding hydrogens is 419 g/mol. The summed E-state index contributed by atoms with van der Waals surface area (Å²) in [5.74, 6) is 2.34. The van der Waals surface area contributed by atoms with Gasteiger partial charge in [0.05, 0.1) is 6.10 Å². The van der Waals surface area contributed by atoms with Crippen molar-refractivity contribution in [2.45, 2.75) is 53.2 Å². The first-order valence-corrected chi connectivity index (χ1v) is 8.55. The van der Waals surface area contributed by atoms with Crippen molar-refractivity contribution in [2.24, 2.45) is 10.9 Å². The van der Waals surface area contributed by atoms with Gasteiger partial charge in [0.1, 0.15) is 12.2 Å².